The van der Waals surface area contributed by atoms with E-state index in [-0.39, 0.29) is 18.5 Å². The average molecular weight is 279 g/mol. The van der Waals surface area contributed by atoms with Gasteiger partial charge >= 0.3 is 0 Å². The van der Waals surface area contributed by atoms with Crippen LogP contribution in [0.1, 0.15) is 18.1 Å². The predicted molar refractivity (Wildman–Crippen MR) is 75.7 cm³/mol. The zero-order chi connectivity index (χ0) is 14.5. The van der Waals surface area contributed by atoms with Crippen molar-refractivity contribution in [3.05, 3.63) is 35.4 Å². The van der Waals surface area contributed by atoms with Crippen LogP contribution in [-0.4, -0.2) is 53.0 Å². The molecule has 1 aliphatic heterocycles. The number of morpholine rings is 1. The lowest BCUT2D eigenvalue weighted by Crippen LogP contribution is -2.48. The maximum absolute atomic E-state index is 9.20. The number of ether oxygens (including phenoxy) is 1. The highest BCUT2D eigenvalue weighted by Gasteiger charge is 2.25. The molecule has 1 aromatic rings. The largest absolute Gasteiger partial charge is 0.409 e. The first-order valence-corrected chi connectivity index (χ1v) is 6.67. The van der Waals surface area contributed by atoms with Crippen LogP contribution in [0.5, 0.6) is 0 Å². The first-order chi connectivity index (χ1) is 9.63. The third-order valence-corrected chi connectivity index (χ3v) is 3.55. The third kappa shape index (κ3) is 3.47. The number of aliphatic hydroxyl groups is 1. The standard InChI is InChI=1S/C14H21N3O3/c1-10-9-20-13(8-18)7-17(10)6-11-3-2-4-12(5-11)14(15)16-19/h2-5,10,13,18-19H,6-9H2,1H3,(H2,15,16). The second-order valence-electron chi connectivity index (χ2n) is 5.10. The normalized spacial score (nSPS) is 24.8. The molecule has 2 unspecified atom stereocenters. The highest BCUT2D eigenvalue weighted by Crippen LogP contribution is 2.16. The molecule has 4 N–H and O–H groups in total. The maximum atomic E-state index is 9.20. The molecule has 2 rings (SSSR count). The van der Waals surface area contributed by atoms with E-state index in [9.17, 15) is 5.11 Å². The van der Waals surface area contributed by atoms with Crippen molar-refractivity contribution in [2.45, 2.75) is 25.6 Å². The Balaban J connectivity index is 2.08. The van der Waals surface area contributed by atoms with Crippen LogP contribution < -0.4 is 5.73 Å². The molecule has 1 fully saturated rings. The molecule has 1 heterocycles. The molecule has 0 bridgehead atoms. The van der Waals surface area contributed by atoms with E-state index in [2.05, 4.69) is 17.0 Å². The Morgan fingerprint density at radius 2 is 2.35 bits per heavy atom. The SMILES string of the molecule is CC1COC(CO)CN1Cc1cccc(/C(N)=N/O)c1. The summed E-state index contributed by atoms with van der Waals surface area (Å²) in [6.45, 7) is 4.19. The number of benzene rings is 1. The first-order valence-electron chi connectivity index (χ1n) is 6.67. The van der Waals surface area contributed by atoms with Crippen molar-refractivity contribution in [1.29, 1.82) is 0 Å². The number of oxime groups is 1. The fraction of sp³-hybridized carbons (Fsp3) is 0.500. The van der Waals surface area contributed by atoms with Gasteiger partial charge in [-0.15, -0.1) is 0 Å². The molecule has 1 aliphatic rings. The van der Waals surface area contributed by atoms with Crippen LogP contribution in [0, 0.1) is 0 Å². The monoisotopic (exact) mass is 279 g/mol. The second kappa shape index (κ2) is 6.69. The fourth-order valence-electron chi connectivity index (χ4n) is 2.33. The molecule has 0 aliphatic carbocycles. The molecule has 1 aromatic carbocycles. The van der Waals surface area contributed by atoms with Gasteiger partial charge in [0.1, 0.15) is 0 Å². The Kier molecular flexibility index (Phi) is 4.94. The van der Waals surface area contributed by atoms with Crippen LogP contribution >= 0.6 is 0 Å². The molecule has 6 nitrogen and oxygen atoms in total. The quantitative estimate of drug-likeness (QED) is 0.320. The molecule has 6 heteroatoms. The molecule has 110 valence electrons. The van der Waals surface area contributed by atoms with E-state index in [1.165, 1.54) is 0 Å². The van der Waals surface area contributed by atoms with Crippen LogP contribution in [-0.2, 0) is 11.3 Å². The van der Waals surface area contributed by atoms with Gasteiger partial charge in [0.05, 0.1) is 19.3 Å². The number of hydrogen-bond donors (Lipinski definition) is 3. The zero-order valence-electron chi connectivity index (χ0n) is 11.6. The van der Waals surface area contributed by atoms with Crippen LogP contribution in [0.3, 0.4) is 0 Å². The average Bonchev–Trinajstić information content (AvgIpc) is 2.49. The zero-order valence-corrected chi connectivity index (χ0v) is 11.6. The van der Waals surface area contributed by atoms with Gasteiger partial charge in [-0.1, -0.05) is 23.4 Å². The Bertz CT molecular complexity index is 478. The number of nitrogens with zero attached hydrogens (tertiary/aromatic N) is 2. The maximum Gasteiger partial charge on any atom is 0.170 e. The molecule has 0 amide bonds. The summed E-state index contributed by atoms with van der Waals surface area (Å²) >= 11 is 0. The number of rotatable bonds is 4. The van der Waals surface area contributed by atoms with Crippen molar-refractivity contribution in [3.8, 4) is 0 Å². The molecule has 20 heavy (non-hydrogen) atoms. The summed E-state index contributed by atoms with van der Waals surface area (Å²) in [7, 11) is 0. The van der Waals surface area contributed by atoms with Gasteiger partial charge in [-0.05, 0) is 18.6 Å². The van der Waals surface area contributed by atoms with E-state index >= 15 is 0 Å². The second-order valence-corrected chi connectivity index (χ2v) is 5.10. The summed E-state index contributed by atoms with van der Waals surface area (Å²) in [6, 6.07) is 7.90. The van der Waals surface area contributed by atoms with Crippen molar-refractivity contribution >= 4 is 5.84 Å². The van der Waals surface area contributed by atoms with Crippen LogP contribution in [0.2, 0.25) is 0 Å². The van der Waals surface area contributed by atoms with E-state index < -0.39 is 0 Å². The van der Waals surface area contributed by atoms with E-state index in [1.807, 2.05) is 18.2 Å². The predicted octanol–water partition coefficient (Wildman–Crippen LogP) is 0.363. The number of amidine groups is 1. The van der Waals surface area contributed by atoms with Crippen molar-refractivity contribution in [2.75, 3.05) is 19.8 Å². The molecule has 2 atom stereocenters. The summed E-state index contributed by atoms with van der Waals surface area (Å²) in [6.07, 6.45) is -0.126. The van der Waals surface area contributed by atoms with Crippen LogP contribution in [0.25, 0.3) is 0 Å². The fourth-order valence-corrected chi connectivity index (χ4v) is 2.33. The molecule has 0 spiro atoms. The summed E-state index contributed by atoms with van der Waals surface area (Å²) in [5, 5.41) is 20.9. The van der Waals surface area contributed by atoms with Crippen molar-refractivity contribution in [3.63, 3.8) is 0 Å². The Labute approximate surface area is 118 Å². The Hall–Kier alpha value is -1.63. The van der Waals surface area contributed by atoms with Gasteiger partial charge < -0.3 is 20.8 Å². The molecule has 0 aromatic heterocycles. The van der Waals surface area contributed by atoms with E-state index in [1.54, 1.807) is 6.07 Å². The van der Waals surface area contributed by atoms with Gasteiger partial charge in [-0.25, -0.2) is 0 Å². The minimum atomic E-state index is -0.126. The lowest BCUT2D eigenvalue weighted by atomic mass is 10.1. The highest BCUT2D eigenvalue weighted by molar-refractivity contribution is 5.97. The Morgan fingerprint density at radius 1 is 1.55 bits per heavy atom. The van der Waals surface area contributed by atoms with E-state index in [4.69, 9.17) is 15.7 Å². The number of nitrogens with two attached hydrogens (primary N) is 1. The first kappa shape index (κ1) is 14.8. The summed E-state index contributed by atoms with van der Waals surface area (Å²) < 4.78 is 5.52. The lowest BCUT2D eigenvalue weighted by Gasteiger charge is -2.37. The lowest BCUT2D eigenvalue weighted by molar-refractivity contribution is -0.0805. The Morgan fingerprint density at radius 3 is 3.05 bits per heavy atom. The minimum Gasteiger partial charge on any atom is -0.409 e. The van der Waals surface area contributed by atoms with E-state index in [0.29, 0.717) is 24.8 Å². The highest BCUT2D eigenvalue weighted by atomic mass is 16.5. The van der Waals surface area contributed by atoms with Gasteiger partial charge in [0.2, 0.25) is 0 Å². The summed E-state index contributed by atoms with van der Waals surface area (Å²) in [4.78, 5) is 2.26. The number of hydrogen-bond acceptors (Lipinski definition) is 5. The topological polar surface area (TPSA) is 91.3 Å². The van der Waals surface area contributed by atoms with Crippen molar-refractivity contribution in [2.24, 2.45) is 10.9 Å². The van der Waals surface area contributed by atoms with Gasteiger partial charge in [-0.2, -0.15) is 0 Å². The number of aliphatic hydroxyl groups excluding tert-OH is 1. The summed E-state index contributed by atoms with van der Waals surface area (Å²) in [5.74, 6) is 0.107. The van der Waals surface area contributed by atoms with Gasteiger partial charge in [0.25, 0.3) is 0 Å². The molecule has 0 saturated carbocycles. The van der Waals surface area contributed by atoms with Crippen LogP contribution in [0.4, 0.5) is 0 Å². The molecular weight excluding hydrogens is 258 g/mol. The van der Waals surface area contributed by atoms with Crippen molar-refractivity contribution < 1.29 is 15.1 Å². The molecular formula is C14H21N3O3. The molecule has 1 saturated heterocycles. The molecule has 0 radical (unpaired) electrons. The van der Waals surface area contributed by atoms with E-state index in [0.717, 1.165) is 12.1 Å². The summed E-state index contributed by atoms with van der Waals surface area (Å²) in [5.41, 5.74) is 7.38. The van der Waals surface area contributed by atoms with Crippen molar-refractivity contribution in [1.82, 2.24) is 4.90 Å². The third-order valence-electron chi connectivity index (χ3n) is 3.55. The smallest absolute Gasteiger partial charge is 0.170 e. The van der Waals surface area contributed by atoms with Gasteiger partial charge in [0, 0.05) is 24.7 Å². The minimum absolute atomic E-state index is 0.0351. The van der Waals surface area contributed by atoms with Gasteiger partial charge in [-0.3, -0.25) is 4.90 Å². The van der Waals surface area contributed by atoms with Crippen LogP contribution in [0.15, 0.2) is 29.4 Å². The van der Waals surface area contributed by atoms with Gasteiger partial charge in [0.15, 0.2) is 5.84 Å².